The molecule has 0 fully saturated rings. The summed E-state index contributed by atoms with van der Waals surface area (Å²) in [6, 6.07) is 0. The molecule has 0 aliphatic rings. The molecule has 0 aromatic heterocycles. The van der Waals surface area contributed by atoms with Crippen LogP contribution in [0.1, 0.15) is 39.0 Å². The standard InChI is InChI=1S/C7H16O3S.CH4O.Na/c1-2-3-4-5-6-7-11(8,9)10;1-2;/h2-7H2,1H3,(H,8,9,10);2H,1H3;/q;;+1/p-1. The van der Waals surface area contributed by atoms with E-state index in [0.717, 1.165) is 32.8 Å². The van der Waals surface area contributed by atoms with Gasteiger partial charge in [0.25, 0.3) is 0 Å². The first-order chi connectivity index (χ1) is 6.06. The Morgan fingerprint density at radius 2 is 1.50 bits per heavy atom. The van der Waals surface area contributed by atoms with E-state index in [4.69, 9.17) is 5.11 Å². The summed E-state index contributed by atoms with van der Waals surface area (Å²) in [5.74, 6) is -0.198. The van der Waals surface area contributed by atoms with Gasteiger partial charge in [0.2, 0.25) is 0 Å². The summed E-state index contributed by atoms with van der Waals surface area (Å²) >= 11 is 0. The molecule has 0 amide bonds. The number of hydrogen-bond acceptors (Lipinski definition) is 4. The fourth-order valence-electron chi connectivity index (χ4n) is 0.882. The summed E-state index contributed by atoms with van der Waals surface area (Å²) < 4.78 is 30.3. The maximum Gasteiger partial charge on any atom is 1.00 e. The third kappa shape index (κ3) is 23.0. The zero-order chi connectivity index (χ0) is 10.7. The number of aliphatic hydroxyl groups is 1. The average molecular weight is 234 g/mol. The predicted octanol–water partition coefficient (Wildman–Crippen LogP) is -1.89. The van der Waals surface area contributed by atoms with Crippen LogP contribution in [0, 0.1) is 0 Å². The van der Waals surface area contributed by atoms with Crippen LogP contribution in [-0.4, -0.2) is 30.9 Å². The Bertz CT molecular complexity index is 180. The fourth-order valence-corrected chi connectivity index (χ4v) is 1.44. The van der Waals surface area contributed by atoms with Gasteiger partial charge in [-0.3, -0.25) is 0 Å². The SMILES string of the molecule is CCCCCCCS(=O)(=O)[O-].CO.[Na+]. The van der Waals surface area contributed by atoms with Gasteiger partial charge in [0.1, 0.15) is 0 Å². The number of hydrogen-bond donors (Lipinski definition) is 1. The second-order valence-corrected chi connectivity index (χ2v) is 4.20. The van der Waals surface area contributed by atoms with Gasteiger partial charge in [-0.2, -0.15) is 0 Å². The monoisotopic (exact) mass is 234 g/mol. The molecule has 4 nitrogen and oxygen atoms in total. The molecule has 0 rings (SSSR count). The predicted molar refractivity (Wildman–Crippen MR) is 51.5 cm³/mol. The van der Waals surface area contributed by atoms with Crippen molar-refractivity contribution in [1.82, 2.24) is 0 Å². The molecule has 0 saturated carbocycles. The summed E-state index contributed by atoms with van der Waals surface area (Å²) in [5.41, 5.74) is 0. The van der Waals surface area contributed by atoms with Gasteiger partial charge in [0, 0.05) is 12.9 Å². The maximum absolute atomic E-state index is 10.1. The van der Waals surface area contributed by atoms with Crippen LogP contribution < -0.4 is 29.6 Å². The van der Waals surface area contributed by atoms with Crippen molar-refractivity contribution in [2.45, 2.75) is 39.0 Å². The second-order valence-electron chi connectivity index (χ2n) is 2.68. The summed E-state index contributed by atoms with van der Waals surface area (Å²) in [5, 5.41) is 7.00. The quantitative estimate of drug-likeness (QED) is 0.331. The van der Waals surface area contributed by atoms with Crippen LogP contribution in [0.15, 0.2) is 0 Å². The third-order valence-corrected chi connectivity index (χ3v) is 2.29. The van der Waals surface area contributed by atoms with Gasteiger partial charge < -0.3 is 9.66 Å². The van der Waals surface area contributed by atoms with E-state index >= 15 is 0 Å². The van der Waals surface area contributed by atoms with Crippen LogP contribution in [0.2, 0.25) is 0 Å². The van der Waals surface area contributed by atoms with Crippen LogP contribution in [0.5, 0.6) is 0 Å². The minimum Gasteiger partial charge on any atom is -0.748 e. The molecule has 0 bridgehead atoms. The summed E-state index contributed by atoms with van der Waals surface area (Å²) in [6.07, 6.45) is 4.66. The van der Waals surface area contributed by atoms with Crippen molar-refractivity contribution in [3.05, 3.63) is 0 Å². The Labute approximate surface area is 109 Å². The van der Waals surface area contributed by atoms with E-state index in [1.807, 2.05) is 0 Å². The minimum atomic E-state index is -3.96. The van der Waals surface area contributed by atoms with E-state index in [1.54, 1.807) is 0 Å². The molecule has 0 aliphatic carbocycles. The van der Waals surface area contributed by atoms with Crippen molar-refractivity contribution < 1.29 is 47.6 Å². The van der Waals surface area contributed by atoms with Crippen molar-refractivity contribution in [2.75, 3.05) is 12.9 Å². The van der Waals surface area contributed by atoms with Gasteiger partial charge in [-0.1, -0.05) is 32.6 Å². The van der Waals surface area contributed by atoms with Crippen LogP contribution in [0.25, 0.3) is 0 Å². The van der Waals surface area contributed by atoms with Gasteiger partial charge in [-0.15, -0.1) is 0 Å². The van der Waals surface area contributed by atoms with E-state index in [9.17, 15) is 13.0 Å². The normalized spacial score (nSPS) is 9.71. The van der Waals surface area contributed by atoms with Gasteiger partial charge in [-0.25, -0.2) is 8.42 Å². The number of unbranched alkanes of at least 4 members (excludes halogenated alkanes) is 4. The first kappa shape index (κ1) is 20.3. The molecular weight excluding hydrogens is 215 g/mol. The van der Waals surface area contributed by atoms with Gasteiger partial charge in [-0.05, 0) is 6.42 Å². The van der Waals surface area contributed by atoms with Crippen molar-refractivity contribution in [2.24, 2.45) is 0 Å². The zero-order valence-corrected chi connectivity index (χ0v) is 12.1. The largest absolute Gasteiger partial charge is 1.00 e. The van der Waals surface area contributed by atoms with Gasteiger partial charge in [0.15, 0.2) is 0 Å². The van der Waals surface area contributed by atoms with Crippen molar-refractivity contribution in [3.63, 3.8) is 0 Å². The van der Waals surface area contributed by atoms with E-state index in [-0.39, 0.29) is 35.3 Å². The Morgan fingerprint density at radius 3 is 1.86 bits per heavy atom. The summed E-state index contributed by atoms with van der Waals surface area (Å²) in [6.45, 7) is 2.09. The topological polar surface area (TPSA) is 77.4 Å². The number of aliphatic hydroxyl groups excluding tert-OH is 1. The molecule has 0 radical (unpaired) electrons. The first-order valence-electron chi connectivity index (χ1n) is 4.44. The Kier molecular flexibility index (Phi) is 20.1. The van der Waals surface area contributed by atoms with E-state index in [0.29, 0.717) is 6.42 Å². The van der Waals surface area contributed by atoms with Gasteiger partial charge >= 0.3 is 29.6 Å². The van der Waals surface area contributed by atoms with Crippen molar-refractivity contribution in [1.29, 1.82) is 0 Å². The van der Waals surface area contributed by atoms with Crippen LogP contribution in [0.3, 0.4) is 0 Å². The molecule has 0 aromatic carbocycles. The Balaban J connectivity index is -0.000000376. The van der Waals surface area contributed by atoms with Crippen molar-refractivity contribution >= 4 is 10.1 Å². The van der Waals surface area contributed by atoms with E-state index in [1.165, 1.54) is 0 Å². The summed E-state index contributed by atoms with van der Waals surface area (Å²) in [7, 11) is -2.96. The summed E-state index contributed by atoms with van der Waals surface area (Å²) in [4.78, 5) is 0. The molecule has 0 saturated heterocycles. The van der Waals surface area contributed by atoms with Crippen LogP contribution in [-0.2, 0) is 10.1 Å². The molecular formula is C8H19NaO4S. The molecule has 0 heterocycles. The maximum atomic E-state index is 10.1. The Hall–Kier alpha value is 0.870. The van der Waals surface area contributed by atoms with E-state index < -0.39 is 10.1 Å². The third-order valence-electron chi connectivity index (χ3n) is 1.50. The van der Waals surface area contributed by atoms with Crippen molar-refractivity contribution in [3.8, 4) is 0 Å². The van der Waals surface area contributed by atoms with E-state index in [2.05, 4.69) is 6.92 Å². The smallest absolute Gasteiger partial charge is 0.748 e. The Morgan fingerprint density at radius 1 is 1.07 bits per heavy atom. The fraction of sp³-hybridized carbons (Fsp3) is 1.00. The molecule has 0 spiro atoms. The molecule has 0 aromatic rings. The first-order valence-corrected chi connectivity index (χ1v) is 6.02. The van der Waals surface area contributed by atoms with Crippen LogP contribution in [0.4, 0.5) is 0 Å². The average Bonchev–Trinajstić information content (AvgIpc) is 2.06. The second kappa shape index (κ2) is 13.9. The van der Waals surface area contributed by atoms with Crippen LogP contribution >= 0.6 is 0 Å². The molecule has 0 aliphatic heterocycles. The minimum absolute atomic E-state index is 0. The zero-order valence-electron chi connectivity index (χ0n) is 9.32. The molecule has 0 atom stereocenters. The molecule has 1 N–H and O–H groups in total. The molecule has 82 valence electrons. The molecule has 14 heavy (non-hydrogen) atoms. The molecule has 0 unspecified atom stereocenters. The number of rotatable bonds is 6. The molecule has 6 heteroatoms. The van der Waals surface area contributed by atoms with Gasteiger partial charge in [0.05, 0.1) is 10.1 Å².